The molecule has 2 aromatic heterocycles. The molecule has 5 N–H and O–H groups in total. The molecule has 1 aromatic carbocycles. The summed E-state index contributed by atoms with van der Waals surface area (Å²) in [7, 11) is -3.77. The molecule has 27 heavy (non-hydrogen) atoms. The molecule has 0 aliphatic heterocycles. The Balaban J connectivity index is 1.61. The number of nitrogens with two attached hydrogens (primary N) is 2. The number of nitrogen functional groups attached to an aromatic ring is 1. The quantitative estimate of drug-likeness (QED) is 0.393. The van der Waals surface area contributed by atoms with E-state index in [2.05, 4.69) is 20.5 Å². The van der Waals surface area contributed by atoms with Crippen LogP contribution in [0, 0.1) is 0 Å². The maximum atomic E-state index is 12.1. The third-order valence-corrected chi connectivity index (χ3v) is 5.26. The number of aromatic nitrogens is 4. The van der Waals surface area contributed by atoms with Gasteiger partial charge in [-0.1, -0.05) is 11.8 Å². The van der Waals surface area contributed by atoms with Gasteiger partial charge >= 0.3 is 0 Å². The topological polar surface area (TPSA) is 159 Å². The molecule has 3 aromatic rings. The van der Waals surface area contributed by atoms with Crippen molar-refractivity contribution in [2.45, 2.75) is 10.1 Å². The molecule has 3 rings (SSSR count). The molecule has 0 aliphatic rings. The van der Waals surface area contributed by atoms with Crippen molar-refractivity contribution in [3.05, 3.63) is 48.8 Å². The van der Waals surface area contributed by atoms with E-state index in [0.29, 0.717) is 22.2 Å². The number of primary sulfonamides is 1. The lowest BCUT2D eigenvalue weighted by Gasteiger charge is -2.06. The highest BCUT2D eigenvalue weighted by Crippen LogP contribution is 2.21. The smallest absolute Gasteiger partial charge is 0.238 e. The van der Waals surface area contributed by atoms with Gasteiger partial charge < -0.3 is 11.2 Å². The number of anilines is 1. The van der Waals surface area contributed by atoms with Crippen LogP contribution < -0.4 is 16.3 Å². The minimum absolute atomic E-state index is 0.0333. The summed E-state index contributed by atoms with van der Waals surface area (Å²) in [6, 6.07) is 9.09. The fourth-order valence-electron chi connectivity index (χ4n) is 2.12. The average Bonchev–Trinajstić information content (AvgIpc) is 3.01. The van der Waals surface area contributed by atoms with E-state index in [1.54, 1.807) is 24.5 Å². The van der Waals surface area contributed by atoms with Crippen molar-refractivity contribution in [1.82, 2.24) is 19.9 Å². The lowest BCUT2D eigenvalue weighted by Crippen LogP contribution is -2.17. The van der Waals surface area contributed by atoms with Crippen molar-refractivity contribution in [3.63, 3.8) is 0 Å². The van der Waals surface area contributed by atoms with Gasteiger partial charge in [-0.2, -0.15) is 0 Å². The van der Waals surface area contributed by atoms with E-state index in [-0.39, 0.29) is 16.6 Å². The van der Waals surface area contributed by atoms with Gasteiger partial charge in [-0.25, -0.2) is 18.2 Å². The average molecular weight is 405 g/mol. The molecule has 0 aliphatic carbocycles. The first-order valence-electron chi connectivity index (χ1n) is 7.51. The predicted molar refractivity (Wildman–Crippen MR) is 101 cm³/mol. The summed E-state index contributed by atoms with van der Waals surface area (Å²) in [4.78, 5) is 16.0. The Bertz CT molecular complexity index is 1050. The molecule has 0 spiro atoms. The van der Waals surface area contributed by atoms with Gasteiger partial charge in [0, 0.05) is 23.6 Å². The van der Waals surface area contributed by atoms with Crippen molar-refractivity contribution >= 4 is 33.4 Å². The fourth-order valence-corrected chi connectivity index (χ4v) is 3.29. The Morgan fingerprint density at radius 1 is 1.19 bits per heavy atom. The highest BCUT2D eigenvalue weighted by molar-refractivity contribution is 7.99. The Kier molecular flexibility index (Phi) is 5.39. The highest BCUT2D eigenvalue weighted by Gasteiger charge is 2.14. The first-order valence-corrected chi connectivity index (χ1v) is 10.0. The van der Waals surface area contributed by atoms with Gasteiger partial charge in [0.1, 0.15) is 0 Å². The van der Waals surface area contributed by atoms with Crippen LogP contribution in [0.3, 0.4) is 0 Å². The molecule has 1 amide bonds. The van der Waals surface area contributed by atoms with E-state index in [4.69, 9.17) is 11.0 Å². The fraction of sp³-hybridized carbons (Fsp3) is 0.0667. The summed E-state index contributed by atoms with van der Waals surface area (Å²) in [6.07, 6.45) is 3.25. The van der Waals surface area contributed by atoms with Gasteiger partial charge in [0.15, 0.2) is 5.82 Å². The second kappa shape index (κ2) is 7.73. The number of hydrogen-bond donors (Lipinski definition) is 3. The Labute approximate surface area is 159 Å². The molecule has 0 unspecified atom stereocenters. The number of thioether (sulfide) groups is 1. The monoisotopic (exact) mass is 405 g/mol. The minimum atomic E-state index is -3.77. The van der Waals surface area contributed by atoms with Crippen molar-refractivity contribution in [1.29, 1.82) is 0 Å². The van der Waals surface area contributed by atoms with Gasteiger partial charge in [-0.05, 0) is 36.4 Å². The number of carbonyl (C=O) groups excluding carboxylic acids is 1. The van der Waals surface area contributed by atoms with Crippen LogP contribution in [0.4, 0.5) is 5.69 Å². The van der Waals surface area contributed by atoms with Crippen LogP contribution in [-0.2, 0) is 14.8 Å². The summed E-state index contributed by atoms with van der Waals surface area (Å²) in [5.74, 6) is 6.14. The molecule has 10 nitrogen and oxygen atoms in total. The SMILES string of the molecule is Nn1c(SCC(=O)Nc2ccc(S(N)(=O)=O)cc2)nnc1-c1cccnc1. The number of rotatable bonds is 6. The largest absolute Gasteiger partial charge is 0.335 e. The molecule has 0 saturated carbocycles. The first-order chi connectivity index (χ1) is 12.8. The number of sulfonamides is 1. The zero-order valence-corrected chi connectivity index (χ0v) is 15.4. The molecule has 0 atom stereocenters. The third kappa shape index (κ3) is 4.61. The number of amides is 1. The van der Waals surface area contributed by atoms with E-state index in [1.165, 1.54) is 28.9 Å². The van der Waals surface area contributed by atoms with Crippen molar-refractivity contribution < 1.29 is 13.2 Å². The number of carbonyl (C=O) groups is 1. The molecule has 0 saturated heterocycles. The second-order valence-electron chi connectivity index (χ2n) is 5.32. The summed E-state index contributed by atoms with van der Waals surface area (Å²) >= 11 is 1.11. The van der Waals surface area contributed by atoms with Crippen LogP contribution in [0.1, 0.15) is 0 Å². The molecular formula is C15H15N7O3S2. The van der Waals surface area contributed by atoms with E-state index in [1.807, 2.05) is 0 Å². The van der Waals surface area contributed by atoms with Crippen molar-refractivity contribution in [3.8, 4) is 11.4 Å². The standard InChI is InChI=1S/C15H15N7O3S2/c16-22-14(10-2-1-7-18-8-10)20-21-15(22)26-9-13(23)19-11-3-5-12(6-4-11)27(17,24)25/h1-8H,9,16H2,(H,19,23)(H2,17,24,25). The summed E-state index contributed by atoms with van der Waals surface area (Å²) in [6.45, 7) is 0. The summed E-state index contributed by atoms with van der Waals surface area (Å²) in [5.41, 5.74) is 1.15. The molecule has 2 heterocycles. The van der Waals surface area contributed by atoms with Crippen LogP contribution in [0.2, 0.25) is 0 Å². The lowest BCUT2D eigenvalue weighted by molar-refractivity contribution is -0.113. The number of nitrogens with one attached hydrogen (secondary N) is 1. The van der Waals surface area contributed by atoms with E-state index >= 15 is 0 Å². The molecule has 0 radical (unpaired) electrons. The van der Waals surface area contributed by atoms with Gasteiger partial charge in [-0.3, -0.25) is 9.78 Å². The number of benzene rings is 1. The number of nitrogens with zero attached hydrogens (tertiary/aromatic N) is 4. The predicted octanol–water partition coefficient (Wildman–Crippen LogP) is 0.432. The second-order valence-corrected chi connectivity index (χ2v) is 7.83. The van der Waals surface area contributed by atoms with E-state index in [0.717, 1.165) is 11.8 Å². The first kappa shape index (κ1) is 18.8. The van der Waals surface area contributed by atoms with E-state index in [9.17, 15) is 13.2 Å². The molecular weight excluding hydrogens is 390 g/mol. The van der Waals surface area contributed by atoms with Gasteiger partial charge in [0.05, 0.1) is 10.6 Å². The third-order valence-electron chi connectivity index (χ3n) is 3.38. The Hall–Kier alpha value is -2.96. The molecule has 140 valence electrons. The normalized spacial score (nSPS) is 11.3. The van der Waals surface area contributed by atoms with Gasteiger partial charge in [0.2, 0.25) is 21.1 Å². The maximum absolute atomic E-state index is 12.1. The molecule has 0 bridgehead atoms. The van der Waals surface area contributed by atoms with Crippen LogP contribution >= 0.6 is 11.8 Å². The zero-order chi connectivity index (χ0) is 19.4. The summed E-state index contributed by atoms with van der Waals surface area (Å²) in [5, 5.41) is 16.0. The van der Waals surface area contributed by atoms with Gasteiger partial charge in [-0.15, -0.1) is 10.2 Å². The van der Waals surface area contributed by atoms with Crippen LogP contribution in [-0.4, -0.2) is 39.9 Å². The molecule has 0 fully saturated rings. The maximum Gasteiger partial charge on any atom is 0.238 e. The zero-order valence-electron chi connectivity index (χ0n) is 13.8. The van der Waals surface area contributed by atoms with Crippen LogP contribution in [0.25, 0.3) is 11.4 Å². The van der Waals surface area contributed by atoms with E-state index < -0.39 is 10.0 Å². The minimum Gasteiger partial charge on any atom is -0.335 e. The van der Waals surface area contributed by atoms with Crippen LogP contribution in [0.5, 0.6) is 0 Å². The number of hydrogen-bond acceptors (Lipinski definition) is 8. The van der Waals surface area contributed by atoms with Crippen molar-refractivity contribution in [2.24, 2.45) is 5.14 Å². The highest BCUT2D eigenvalue weighted by atomic mass is 32.2. The number of pyridine rings is 1. The van der Waals surface area contributed by atoms with Crippen molar-refractivity contribution in [2.75, 3.05) is 16.9 Å². The lowest BCUT2D eigenvalue weighted by atomic mass is 10.3. The molecule has 12 heteroatoms. The van der Waals surface area contributed by atoms with Crippen LogP contribution in [0.15, 0.2) is 58.8 Å². The summed E-state index contributed by atoms with van der Waals surface area (Å²) < 4.78 is 23.7. The Morgan fingerprint density at radius 2 is 1.93 bits per heavy atom. The van der Waals surface area contributed by atoms with Gasteiger partial charge in [0.25, 0.3) is 0 Å². The Morgan fingerprint density at radius 3 is 2.56 bits per heavy atom.